The Hall–Kier alpha value is -1.09. The second-order valence-electron chi connectivity index (χ2n) is 4.75. The molecule has 88 valence electrons. The molecule has 0 radical (unpaired) electrons. The van der Waals surface area contributed by atoms with Gasteiger partial charge in [0.1, 0.15) is 0 Å². The molecule has 3 heteroatoms. The first-order valence-corrected chi connectivity index (χ1v) is 6.08. The summed E-state index contributed by atoms with van der Waals surface area (Å²) in [6.07, 6.45) is 6.05. The van der Waals surface area contributed by atoms with Crippen LogP contribution in [0.5, 0.6) is 0 Å². The van der Waals surface area contributed by atoms with E-state index in [2.05, 4.69) is 16.4 Å². The molecule has 0 aliphatic heterocycles. The molecule has 2 unspecified atom stereocenters. The third-order valence-electron chi connectivity index (χ3n) is 3.25. The Morgan fingerprint density at radius 2 is 2.38 bits per heavy atom. The van der Waals surface area contributed by atoms with Crippen LogP contribution in [0.4, 0.5) is 5.69 Å². The topological polar surface area (TPSA) is 45.1 Å². The number of anilines is 1. The Balaban J connectivity index is 1.82. The second-order valence-corrected chi connectivity index (χ2v) is 4.75. The highest BCUT2D eigenvalue weighted by Gasteiger charge is 2.19. The summed E-state index contributed by atoms with van der Waals surface area (Å²) in [6.45, 7) is 2.95. The summed E-state index contributed by atoms with van der Waals surface area (Å²) in [5.74, 6) is 0.609. The highest BCUT2D eigenvalue weighted by Crippen LogP contribution is 2.24. The van der Waals surface area contributed by atoms with Gasteiger partial charge >= 0.3 is 0 Å². The van der Waals surface area contributed by atoms with Crippen LogP contribution in [0.25, 0.3) is 0 Å². The summed E-state index contributed by atoms with van der Waals surface area (Å²) in [4.78, 5) is 4.17. The molecular weight excluding hydrogens is 200 g/mol. The van der Waals surface area contributed by atoms with E-state index in [1.165, 1.54) is 6.42 Å². The Morgan fingerprint density at radius 3 is 3.12 bits per heavy atom. The highest BCUT2D eigenvalue weighted by atomic mass is 16.3. The predicted molar refractivity (Wildman–Crippen MR) is 65.4 cm³/mol. The van der Waals surface area contributed by atoms with Crippen molar-refractivity contribution < 1.29 is 5.11 Å². The van der Waals surface area contributed by atoms with Crippen molar-refractivity contribution in [3.8, 4) is 0 Å². The number of nitrogens with zero attached hydrogens (tertiary/aromatic N) is 1. The van der Waals surface area contributed by atoms with Crippen LogP contribution in [0.3, 0.4) is 0 Å². The molecule has 1 heterocycles. The zero-order chi connectivity index (χ0) is 11.4. The van der Waals surface area contributed by atoms with E-state index in [-0.39, 0.29) is 6.10 Å². The van der Waals surface area contributed by atoms with Crippen molar-refractivity contribution in [1.82, 2.24) is 4.98 Å². The van der Waals surface area contributed by atoms with Crippen molar-refractivity contribution in [1.29, 1.82) is 0 Å². The summed E-state index contributed by atoms with van der Waals surface area (Å²) < 4.78 is 0. The van der Waals surface area contributed by atoms with Crippen LogP contribution >= 0.6 is 0 Å². The maximum Gasteiger partial charge on any atom is 0.0543 e. The SMILES string of the molecule is Cc1cc(NCC2CCCC(O)C2)ccn1. The molecule has 1 aromatic heterocycles. The molecule has 0 spiro atoms. The molecule has 3 nitrogen and oxygen atoms in total. The minimum atomic E-state index is -0.0836. The van der Waals surface area contributed by atoms with Gasteiger partial charge in [0.15, 0.2) is 0 Å². The van der Waals surface area contributed by atoms with Gasteiger partial charge in [0.25, 0.3) is 0 Å². The first-order chi connectivity index (χ1) is 7.74. The molecule has 0 aromatic carbocycles. The molecule has 0 amide bonds. The van der Waals surface area contributed by atoms with Crippen molar-refractivity contribution in [3.63, 3.8) is 0 Å². The molecular formula is C13H20N2O. The number of rotatable bonds is 3. The van der Waals surface area contributed by atoms with Gasteiger partial charge in [0.2, 0.25) is 0 Å². The third-order valence-corrected chi connectivity index (χ3v) is 3.25. The van der Waals surface area contributed by atoms with Gasteiger partial charge in [-0.05, 0) is 44.2 Å². The van der Waals surface area contributed by atoms with Gasteiger partial charge in [-0.3, -0.25) is 4.98 Å². The van der Waals surface area contributed by atoms with Gasteiger partial charge in [-0.1, -0.05) is 6.42 Å². The molecule has 0 saturated heterocycles. The lowest BCUT2D eigenvalue weighted by Gasteiger charge is -2.26. The number of aryl methyl sites for hydroxylation is 1. The molecule has 1 aromatic rings. The molecule has 2 N–H and O–H groups in total. The number of hydrogen-bond donors (Lipinski definition) is 2. The lowest BCUT2D eigenvalue weighted by atomic mass is 9.87. The van der Waals surface area contributed by atoms with Gasteiger partial charge in [-0.15, -0.1) is 0 Å². The standard InChI is InChI=1S/C13H20N2O/c1-10-7-12(5-6-14-10)15-9-11-3-2-4-13(16)8-11/h5-7,11,13,16H,2-4,8-9H2,1H3,(H,14,15). The van der Waals surface area contributed by atoms with Crippen LogP contribution in [0.15, 0.2) is 18.3 Å². The minimum Gasteiger partial charge on any atom is -0.393 e. The van der Waals surface area contributed by atoms with Gasteiger partial charge < -0.3 is 10.4 Å². The second kappa shape index (κ2) is 5.30. The molecule has 0 bridgehead atoms. The zero-order valence-electron chi connectivity index (χ0n) is 9.82. The molecule has 1 aliphatic carbocycles. The first-order valence-electron chi connectivity index (χ1n) is 6.08. The zero-order valence-corrected chi connectivity index (χ0v) is 9.82. The molecule has 1 saturated carbocycles. The van der Waals surface area contributed by atoms with E-state index >= 15 is 0 Å². The highest BCUT2D eigenvalue weighted by molar-refractivity contribution is 5.42. The van der Waals surface area contributed by atoms with Crippen LogP contribution in [0, 0.1) is 12.8 Å². The normalized spacial score (nSPS) is 25.4. The quantitative estimate of drug-likeness (QED) is 0.822. The number of aliphatic hydroxyl groups is 1. The number of hydrogen-bond acceptors (Lipinski definition) is 3. The monoisotopic (exact) mass is 220 g/mol. The Morgan fingerprint density at radius 1 is 1.50 bits per heavy atom. The maximum absolute atomic E-state index is 9.58. The summed E-state index contributed by atoms with van der Waals surface area (Å²) in [5.41, 5.74) is 2.17. The number of aromatic nitrogens is 1. The van der Waals surface area contributed by atoms with Crippen molar-refractivity contribution in [2.75, 3.05) is 11.9 Å². The Bertz CT molecular complexity index is 340. The van der Waals surface area contributed by atoms with Crippen LogP contribution in [0.2, 0.25) is 0 Å². The van der Waals surface area contributed by atoms with Gasteiger partial charge in [-0.2, -0.15) is 0 Å². The fraction of sp³-hybridized carbons (Fsp3) is 0.615. The van der Waals surface area contributed by atoms with Crippen LogP contribution in [-0.2, 0) is 0 Å². The van der Waals surface area contributed by atoms with E-state index in [0.717, 1.165) is 37.2 Å². The molecule has 2 atom stereocenters. The number of pyridine rings is 1. The average Bonchev–Trinajstić information content (AvgIpc) is 2.27. The fourth-order valence-electron chi connectivity index (χ4n) is 2.37. The predicted octanol–water partition coefficient (Wildman–Crippen LogP) is 2.35. The van der Waals surface area contributed by atoms with E-state index in [0.29, 0.717) is 5.92 Å². The summed E-state index contributed by atoms with van der Waals surface area (Å²) >= 11 is 0. The Kier molecular flexibility index (Phi) is 3.78. The van der Waals surface area contributed by atoms with Gasteiger partial charge in [0.05, 0.1) is 6.10 Å². The largest absolute Gasteiger partial charge is 0.393 e. The van der Waals surface area contributed by atoms with E-state index in [1.54, 1.807) is 0 Å². The summed E-state index contributed by atoms with van der Waals surface area (Å²) in [6, 6.07) is 4.05. The van der Waals surface area contributed by atoms with E-state index < -0.39 is 0 Å². The third kappa shape index (κ3) is 3.20. The van der Waals surface area contributed by atoms with Crippen molar-refractivity contribution >= 4 is 5.69 Å². The van der Waals surface area contributed by atoms with E-state index in [4.69, 9.17) is 0 Å². The van der Waals surface area contributed by atoms with Crippen molar-refractivity contribution in [2.45, 2.75) is 38.7 Å². The molecule has 2 rings (SSSR count). The molecule has 1 aliphatic rings. The van der Waals surface area contributed by atoms with Crippen LogP contribution in [0.1, 0.15) is 31.4 Å². The van der Waals surface area contributed by atoms with Crippen LogP contribution < -0.4 is 5.32 Å². The van der Waals surface area contributed by atoms with Gasteiger partial charge in [-0.25, -0.2) is 0 Å². The molecule has 16 heavy (non-hydrogen) atoms. The lowest BCUT2D eigenvalue weighted by Crippen LogP contribution is -2.25. The lowest BCUT2D eigenvalue weighted by molar-refractivity contribution is 0.105. The fourth-order valence-corrected chi connectivity index (χ4v) is 2.37. The van der Waals surface area contributed by atoms with Crippen molar-refractivity contribution in [3.05, 3.63) is 24.0 Å². The number of nitrogens with one attached hydrogen (secondary N) is 1. The van der Waals surface area contributed by atoms with E-state index in [1.807, 2.05) is 19.2 Å². The number of aliphatic hydroxyl groups excluding tert-OH is 1. The molecule has 1 fully saturated rings. The Labute approximate surface area is 96.9 Å². The maximum atomic E-state index is 9.58. The smallest absolute Gasteiger partial charge is 0.0543 e. The van der Waals surface area contributed by atoms with E-state index in [9.17, 15) is 5.11 Å². The van der Waals surface area contributed by atoms with Gasteiger partial charge in [0, 0.05) is 24.1 Å². The summed E-state index contributed by atoms with van der Waals surface area (Å²) in [7, 11) is 0. The summed E-state index contributed by atoms with van der Waals surface area (Å²) in [5, 5.41) is 13.0. The average molecular weight is 220 g/mol. The minimum absolute atomic E-state index is 0.0836. The van der Waals surface area contributed by atoms with Crippen LogP contribution in [-0.4, -0.2) is 22.7 Å². The first kappa shape index (κ1) is 11.4. The van der Waals surface area contributed by atoms with Crippen molar-refractivity contribution in [2.24, 2.45) is 5.92 Å².